The smallest absolute Gasteiger partial charge is 0.331 e. The highest BCUT2D eigenvalue weighted by Crippen LogP contribution is 2.53. The monoisotopic (exact) mass is 329 g/mol. The molecule has 0 saturated heterocycles. The fourth-order valence-electron chi connectivity index (χ4n) is 4.00. The molecule has 4 nitrogen and oxygen atoms in total. The Hall–Kier alpha value is -1.97. The predicted molar refractivity (Wildman–Crippen MR) is 96.9 cm³/mol. The van der Waals surface area contributed by atoms with Gasteiger partial charge in [-0.05, 0) is 48.3 Å². The van der Waals surface area contributed by atoms with E-state index in [1.54, 1.807) is 13.0 Å². The number of rotatable bonds is 2. The minimum atomic E-state index is -0.957. The normalized spacial score (nSPS) is 21.4. The molecule has 0 amide bonds. The van der Waals surface area contributed by atoms with Gasteiger partial charge in [-0.1, -0.05) is 27.7 Å². The standard InChI is InChI=1S/C20H27NO3/c1-12(18(23)24)10-13-11-14-16-15(17(13)22)20(4,5)7-9-21(16)8-6-19(14,2)3/h10-11,22H,6-9H2,1-5H3,(H,23,24)/b12-10+. The third-order valence-electron chi connectivity index (χ3n) is 5.75. The minimum Gasteiger partial charge on any atom is -0.507 e. The van der Waals surface area contributed by atoms with Crippen LogP contribution in [0.4, 0.5) is 5.69 Å². The van der Waals surface area contributed by atoms with Gasteiger partial charge >= 0.3 is 5.97 Å². The van der Waals surface area contributed by atoms with E-state index in [0.717, 1.165) is 31.5 Å². The molecule has 0 fully saturated rings. The highest BCUT2D eigenvalue weighted by molar-refractivity contribution is 5.92. The van der Waals surface area contributed by atoms with E-state index in [1.807, 2.05) is 6.07 Å². The van der Waals surface area contributed by atoms with Crippen LogP contribution in [-0.4, -0.2) is 29.3 Å². The molecule has 2 N–H and O–H groups in total. The zero-order valence-electron chi connectivity index (χ0n) is 15.2. The summed E-state index contributed by atoms with van der Waals surface area (Å²) in [7, 11) is 0. The third kappa shape index (κ3) is 2.48. The van der Waals surface area contributed by atoms with Crippen LogP contribution in [0, 0.1) is 0 Å². The molecule has 24 heavy (non-hydrogen) atoms. The number of nitrogens with zero attached hydrogens (tertiary/aromatic N) is 1. The Kier molecular flexibility index (Phi) is 3.70. The maximum atomic E-state index is 11.2. The molecule has 0 saturated carbocycles. The molecule has 0 atom stereocenters. The molecule has 0 unspecified atom stereocenters. The summed E-state index contributed by atoms with van der Waals surface area (Å²) in [6.45, 7) is 12.4. The molecule has 3 rings (SSSR count). The van der Waals surface area contributed by atoms with E-state index in [1.165, 1.54) is 11.3 Å². The van der Waals surface area contributed by atoms with E-state index in [2.05, 4.69) is 32.6 Å². The van der Waals surface area contributed by atoms with Crippen molar-refractivity contribution in [3.05, 3.63) is 28.3 Å². The summed E-state index contributed by atoms with van der Waals surface area (Å²) in [5.41, 5.74) is 4.11. The van der Waals surface area contributed by atoms with Gasteiger partial charge in [0.15, 0.2) is 0 Å². The van der Waals surface area contributed by atoms with Crippen LogP contribution in [0.5, 0.6) is 5.75 Å². The number of aliphatic carboxylic acids is 1. The number of anilines is 1. The predicted octanol–water partition coefficient (Wildman–Crippen LogP) is 4.05. The van der Waals surface area contributed by atoms with Gasteiger partial charge in [0.1, 0.15) is 5.75 Å². The van der Waals surface area contributed by atoms with Crippen LogP contribution in [0.25, 0.3) is 6.08 Å². The van der Waals surface area contributed by atoms with Gasteiger partial charge in [0.25, 0.3) is 0 Å². The Balaban J connectivity index is 2.34. The summed E-state index contributed by atoms with van der Waals surface area (Å²) in [6, 6.07) is 1.99. The quantitative estimate of drug-likeness (QED) is 0.804. The average molecular weight is 329 g/mol. The lowest BCUT2D eigenvalue weighted by Gasteiger charge is -2.48. The molecule has 0 radical (unpaired) electrons. The minimum absolute atomic E-state index is 0.0153. The van der Waals surface area contributed by atoms with Gasteiger partial charge in [-0.3, -0.25) is 0 Å². The maximum absolute atomic E-state index is 11.2. The molecule has 1 aromatic carbocycles. The van der Waals surface area contributed by atoms with E-state index >= 15 is 0 Å². The first kappa shape index (κ1) is 16.9. The Morgan fingerprint density at radius 2 is 1.75 bits per heavy atom. The molecule has 130 valence electrons. The molecule has 0 aliphatic carbocycles. The highest BCUT2D eigenvalue weighted by atomic mass is 16.4. The summed E-state index contributed by atoms with van der Waals surface area (Å²) in [6.07, 6.45) is 3.64. The zero-order valence-corrected chi connectivity index (χ0v) is 15.2. The van der Waals surface area contributed by atoms with Gasteiger partial charge in [-0.2, -0.15) is 0 Å². The fraction of sp³-hybridized carbons (Fsp3) is 0.550. The van der Waals surface area contributed by atoms with Crippen molar-refractivity contribution in [2.45, 2.75) is 58.3 Å². The maximum Gasteiger partial charge on any atom is 0.331 e. The second-order valence-corrected chi connectivity index (χ2v) is 8.47. The number of carbonyl (C=O) groups is 1. The van der Waals surface area contributed by atoms with Gasteiger partial charge in [-0.25, -0.2) is 4.79 Å². The first-order valence-electron chi connectivity index (χ1n) is 8.62. The Morgan fingerprint density at radius 3 is 2.33 bits per heavy atom. The number of hydrogen-bond acceptors (Lipinski definition) is 3. The first-order valence-corrected chi connectivity index (χ1v) is 8.62. The largest absolute Gasteiger partial charge is 0.507 e. The van der Waals surface area contributed by atoms with Gasteiger partial charge in [0, 0.05) is 35.5 Å². The van der Waals surface area contributed by atoms with E-state index in [-0.39, 0.29) is 22.2 Å². The molecule has 0 aromatic heterocycles. The van der Waals surface area contributed by atoms with Crippen LogP contribution in [-0.2, 0) is 15.6 Å². The van der Waals surface area contributed by atoms with E-state index in [9.17, 15) is 15.0 Å². The van der Waals surface area contributed by atoms with Crippen LogP contribution in [0.2, 0.25) is 0 Å². The second-order valence-electron chi connectivity index (χ2n) is 8.47. The van der Waals surface area contributed by atoms with Crippen LogP contribution >= 0.6 is 0 Å². The van der Waals surface area contributed by atoms with Crippen molar-refractivity contribution in [1.82, 2.24) is 0 Å². The lowest BCUT2D eigenvalue weighted by Crippen LogP contribution is -2.44. The van der Waals surface area contributed by atoms with Crippen molar-refractivity contribution < 1.29 is 15.0 Å². The second kappa shape index (κ2) is 5.27. The summed E-state index contributed by atoms with van der Waals surface area (Å²) < 4.78 is 0. The number of carboxylic acids is 1. The lowest BCUT2D eigenvalue weighted by atomic mass is 9.68. The Morgan fingerprint density at radius 1 is 1.17 bits per heavy atom. The van der Waals surface area contributed by atoms with Crippen molar-refractivity contribution in [3.63, 3.8) is 0 Å². The van der Waals surface area contributed by atoms with Crippen LogP contribution in [0.3, 0.4) is 0 Å². The van der Waals surface area contributed by atoms with Crippen molar-refractivity contribution in [1.29, 1.82) is 0 Å². The fourth-order valence-corrected chi connectivity index (χ4v) is 4.00. The Labute approximate surface area is 143 Å². The molecule has 4 heteroatoms. The Bertz CT molecular complexity index is 742. The molecule has 2 aliphatic rings. The molecule has 2 heterocycles. The number of aromatic hydroxyl groups is 1. The van der Waals surface area contributed by atoms with Gasteiger partial charge < -0.3 is 15.1 Å². The lowest BCUT2D eigenvalue weighted by molar-refractivity contribution is -0.132. The van der Waals surface area contributed by atoms with E-state index < -0.39 is 5.97 Å². The number of benzene rings is 1. The van der Waals surface area contributed by atoms with Crippen molar-refractivity contribution in [2.24, 2.45) is 0 Å². The molecule has 0 bridgehead atoms. The number of hydrogen-bond donors (Lipinski definition) is 2. The van der Waals surface area contributed by atoms with Gasteiger partial charge in [0.2, 0.25) is 0 Å². The van der Waals surface area contributed by atoms with Crippen molar-refractivity contribution in [3.8, 4) is 5.75 Å². The molecule has 0 spiro atoms. The van der Waals surface area contributed by atoms with Gasteiger partial charge in [0.05, 0.1) is 0 Å². The van der Waals surface area contributed by atoms with Crippen LogP contribution < -0.4 is 4.90 Å². The topological polar surface area (TPSA) is 60.8 Å². The molecular formula is C20H27NO3. The SMILES string of the molecule is C/C(=C\c1cc2c3c(c1O)C(C)(C)CCN3CCC2(C)C)C(=O)O. The zero-order chi connectivity index (χ0) is 17.9. The van der Waals surface area contributed by atoms with Crippen molar-refractivity contribution in [2.75, 3.05) is 18.0 Å². The number of phenolic OH excluding ortho intramolecular Hbond substituents is 1. The number of carboxylic acid groups (broad SMARTS) is 1. The number of phenols is 1. The third-order valence-corrected chi connectivity index (χ3v) is 5.75. The first-order chi connectivity index (χ1) is 11.0. The van der Waals surface area contributed by atoms with Crippen LogP contribution in [0.15, 0.2) is 11.6 Å². The molecule has 2 aliphatic heterocycles. The molecular weight excluding hydrogens is 302 g/mol. The molecule has 1 aromatic rings. The van der Waals surface area contributed by atoms with Gasteiger partial charge in [-0.15, -0.1) is 0 Å². The summed E-state index contributed by atoms with van der Waals surface area (Å²) in [4.78, 5) is 13.6. The highest BCUT2D eigenvalue weighted by Gasteiger charge is 2.42. The average Bonchev–Trinajstić information content (AvgIpc) is 2.47. The van der Waals surface area contributed by atoms with E-state index in [0.29, 0.717) is 5.56 Å². The summed E-state index contributed by atoms with van der Waals surface area (Å²) >= 11 is 0. The van der Waals surface area contributed by atoms with Crippen molar-refractivity contribution >= 4 is 17.7 Å². The summed E-state index contributed by atoms with van der Waals surface area (Å²) in [5.74, 6) is -0.720. The van der Waals surface area contributed by atoms with E-state index in [4.69, 9.17) is 0 Å². The van der Waals surface area contributed by atoms with Crippen LogP contribution in [0.1, 0.15) is 64.2 Å². The summed E-state index contributed by atoms with van der Waals surface area (Å²) in [5, 5.41) is 20.2.